The summed E-state index contributed by atoms with van der Waals surface area (Å²) in [6, 6.07) is 3.78. The third-order valence-corrected chi connectivity index (χ3v) is 5.58. The van der Waals surface area contributed by atoms with Crippen molar-refractivity contribution in [1.29, 1.82) is 0 Å². The van der Waals surface area contributed by atoms with E-state index in [2.05, 4.69) is 30.6 Å². The number of fused-ring (bicyclic) bond motifs is 1. The van der Waals surface area contributed by atoms with E-state index in [1.165, 1.54) is 4.57 Å². The van der Waals surface area contributed by atoms with Gasteiger partial charge in [-0.3, -0.25) is 9.36 Å². The average Bonchev–Trinajstić information content (AvgIpc) is 3.44. The number of pyridine rings is 1. The molecule has 4 aromatic heterocycles. The van der Waals surface area contributed by atoms with Crippen molar-refractivity contribution in [3.8, 4) is 5.69 Å². The van der Waals surface area contributed by atoms with E-state index >= 15 is 0 Å². The molecule has 2 N–H and O–H groups in total. The molecule has 0 unspecified atom stereocenters. The van der Waals surface area contributed by atoms with Crippen LogP contribution in [0.1, 0.15) is 24.8 Å². The summed E-state index contributed by atoms with van der Waals surface area (Å²) in [5.74, 6) is 0.848. The number of alkyl halides is 3. The van der Waals surface area contributed by atoms with Crippen molar-refractivity contribution < 1.29 is 13.2 Å². The molecule has 0 spiro atoms. The number of halogens is 3. The number of anilines is 2. The summed E-state index contributed by atoms with van der Waals surface area (Å²) >= 11 is 0. The topological polar surface area (TPSA) is 102 Å². The molecule has 4 aromatic rings. The number of rotatable bonds is 5. The Morgan fingerprint density at radius 2 is 1.67 bits per heavy atom. The molecule has 0 bridgehead atoms. The largest absolute Gasteiger partial charge is 0.419 e. The van der Waals surface area contributed by atoms with E-state index in [0.717, 1.165) is 31.7 Å². The highest BCUT2D eigenvalue weighted by Crippen LogP contribution is 2.29. The van der Waals surface area contributed by atoms with E-state index in [1.807, 2.05) is 0 Å². The van der Waals surface area contributed by atoms with Crippen molar-refractivity contribution in [2.24, 2.45) is 0 Å². The first kappa shape index (κ1) is 20.9. The van der Waals surface area contributed by atoms with Crippen molar-refractivity contribution in [2.45, 2.75) is 37.5 Å². The van der Waals surface area contributed by atoms with Gasteiger partial charge in [-0.1, -0.05) is 0 Å². The monoisotopic (exact) mass is 456 g/mol. The highest BCUT2D eigenvalue weighted by atomic mass is 19.4. The quantitative estimate of drug-likeness (QED) is 0.476. The fraction of sp³-hybridized carbons (Fsp3) is 0.286. The molecule has 0 aliphatic heterocycles. The molecule has 1 aliphatic carbocycles. The molecule has 1 saturated carbocycles. The van der Waals surface area contributed by atoms with Crippen molar-refractivity contribution in [1.82, 2.24) is 28.9 Å². The Labute approximate surface area is 185 Å². The van der Waals surface area contributed by atoms with Crippen LogP contribution in [0.3, 0.4) is 0 Å². The SMILES string of the molecule is O=c1c2nccn2ccn1-c1ccc(N[C@H]2CC[C@H](Nc3ncc(C(F)(F)F)cn3)C2)nc1. The zero-order valence-electron chi connectivity index (χ0n) is 17.2. The first-order valence-corrected chi connectivity index (χ1v) is 10.3. The lowest BCUT2D eigenvalue weighted by Crippen LogP contribution is -2.22. The molecule has 33 heavy (non-hydrogen) atoms. The van der Waals surface area contributed by atoms with Crippen LogP contribution in [0.5, 0.6) is 0 Å². The van der Waals surface area contributed by atoms with Crippen molar-refractivity contribution in [3.05, 3.63) is 71.4 Å². The second-order valence-corrected chi connectivity index (χ2v) is 7.82. The maximum Gasteiger partial charge on any atom is 0.419 e. The van der Waals surface area contributed by atoms with Gasteiger partial charge in [0.05, 0.1) is 17.4 Å². The van der Waals surface area contributed by atoms with Gasteiger partial charge in [0.2, 0.25) is 11.6 Å². The fourth-order valence-corrected chi connectivity index (χ4v) is 3.91. The fourth-order valence-electron chi connectivity index (χ4n) is 3.91. The first-order chi connectivity index (χ1) is 15.9. The lowest BCUT2D eigenvalue weighted by atomic mass is 10.2. The Morgan fingerprint density at radius 1 is 0.909 bits per heavy atom. The molecule has 170 valence electrons. The number of nitrogens with one attached hydrogen (secondary N) is 2. The number of nitrogens with zero attached hydrogens (tertiary/aromatic N) is 6. The van der Waals surface area contributed by atoms with Gasteiger partial charge in [-0.05, 0) is 31.4 Å². The zero-order valence-corrected chi connectivity index (χ0v) is 17.2. The number of hydrogen-bond donors (Lipinski definition) is 2. The lowest BCUT2D eigenvalue weighted by molar-refractivity contribution is -0.138. The van der Waals surface area contributed by atoms with Crippen LogP contribution in [0.25, 0.3) is 11.3 Å². The minimum Gasteiger partial charge on any atom is -0.367 e. The maximum absolute atomic E-state index is 12.6. The first-order valence-electron chi connectivity index (χ1n) is 10.3. The Bertz CT molecular complexity index is 1310. The highest BCUT2D eigenvalue weighted by molar-refractivity contribution is 5.44. The van der Waals surface area contributed by atoms with Crippen molar-refractivity contribution in [2.75, 3.05) is 10.6 Å². The second-order valence-electron chi connectivity index (χ2n) is 7.82. The summed E-state index contributed by atoms with van der Waals surface area (Å²) in [7, 11) is 0. The van der Waals surface area contributed by atoms with Gasteiger partial charge in [0.25, 0.3) is 5.56 Å². The summed E-state index contributed by atoms with van der Waals surface area (Å²) in [6.07, 6.45) is 7.83. The van der Waals surface area contributed by atoms with Gasteiger partial charge in [0, 0.05) is 49.3 Å². The Morgan fingerprint density at radius 3 is 2.36 bits per heavy atom. The van der Waals surface area contributed by atoms with Gasteiger partial charge < -0.3 is 15.0 Å². The molecule has 0 aromatic carbocycles. The minimum absolute atomic E-state index is 0.0401. The van der Waals surface area contributed by atoms with Gasteiger partial charge >= 0.3 is 6.18 Å². The molecule has 5 rings (SSSR count). The van der Waals surface area contributed by atoms with E-state index in [4.69, 9.17) is 0 Å². The zero-order chi connectivity index (χ0) is 23.0. The van der Waals surface area contributed by atoms with E-state index < -0.39 is 11.7 Å². The highest BCUT2D eigenvalue weighted by Gasteiger charge is 2.31. The van der Waals surface area contributed by atoms with E-state index in [1.54, 1.807) is 47.5 Å². The molecule has 1 aliphatic rings. The van der Waals surface area contributed by atoms with Crippen LogP contribution in [-0.4, -0.2) is 41.0 Å². The van der Waals surface area contributed by atoms with Gasteiger partial charge in [-0.25, -0.2) is 19.9 Å². The summed E-state index contributed by atoms with van der Waals surface area (Å²) in [5.41, 5.74) is -0.150. The Balaban J connectivity index is 1.20. The van der Waals surface area contributed by atoms with E-state index in [9.17, 15) is 18.0 Å². The Hall–Kier alpha value is -3.96. The number of aromatic nitrogens is 6. The van der Waals surface area contributed by atoms with Crippen molar-refractivity contribution in [3.63, 3.8) is 0 Å². The van der Waals surface area contributed by atoms with Gasteiger partial charge in [-0.2, -0.15) is 13.2 Å². The standard InChI is InChI=1S/C21H19F3N8O/c22-21(23,24)13-10-27-20(28-11-13)30-15-2-1-14(9-15)29-17-4-3-16(12-26-17)32-8-7-31-6-5-25-18(31)19(32)33/h3-8,10-12,14-15H,1-2,9H2,(H,26,29)(H,27,28,30)/t14-,15-/m0/s1. The van der Waals surface area contributed by atoms with Gasteiger partial charge in [0.15, 0.2) is 0 Å². The summed E-state index contributed by atoms with van der Waals surface area (Å²) in [4.78, 5) is 28.6. The predicted molar refractivity (Wildman–Crippen MR) is 114 cm³/mol. The Kier molecular flexibility index (Phi) is 5.19. The third-order valence-electron chi connectivity index (χ3n) is 5.58. The van der Waals surface area contributed by atoms with Crippen LogP contribution in [0.4, 0.5) is 24.9 Å². The third kappa shape index (κ3) is 4.36. The second kappa shape index (κ2) is 8.19. The molecule has 9 nitrogen and oxygen atoms in total. The van der Waals surface area contributed by atoms with Gasteiger partial charge in [0.1, 0.15) is 5.82 Å². The molecule has 12 heteroatoms. The van der Waals surface area contributed by atoms with Crippen LogP contribution in [-0.2, 0) is 6.18 Å². The van der Waals surface area contributed by atoms with E-state index in [0.29, 0.717) is 17.2 Å². The van der Waals surface area contributed by atoms with E-state index in [-0.39, 0.29) is 23.6 Å². The smallest absolute Gasteiger partial charge is 0.367 e. The summed E-state index contributed by atoms with van der Waals surface area (Å²) in [6.45, 7) is 0. The molecule has 0 amide bonds. The molecular weight excluding hydrogens is 437 g/mol. The van der Waals surface area contributed by atoms with Gasteiger partial charge in [-0.15, -0.1) is 0 Å². The maximum atomic E-state index is 12.6. The predicted octanol–water partition coefficient (Wildman–Crippen LogP) is 3.13. The van der Waals surface area contributed by atoms with Crippen LogP contribution >= 0.6 is 0 Å². The molecule has 0 saturated heterocycles. The molecule has 0 radical (unpaired) electrons. The van der Waals surface area contributed by atoms with Crippen LogP contribution in [0.15, 0.2) is 60.3 Å². The van der Waals surface area contributed by atoms with Crippen LogP contribution in [0, 0.1) is 0 Å². The van der Waals surface area contributed by atoms with Crippen molar-refractivity contribution >= 4 is 17.4 Å². The van der Waals surface area contributed by atoms with Crippen LogP contribution < -0.4 is 16.2 Å². The average molecular weight is 456 g/mol. The molecular formula is C21H19F3N8O. The normalized spacial score (nSPS) is 18.5. The minimum atomic E-state index is -4.46. The molecule has 4 heterocycles. The molecule has 1 fully saturated rings. The summed E-state index contributed by atoms with van der Waals surface area (Å²) < 4.78 is 41.1. The summed E-state index contributed by atoms with van der Waals surface area (Å²) in [5, 5.41) is 6.45. The molecule has 2 atom stereocenters. The number of imidazole rings is 1. The lowest BCUT2D eigenvalue weighted by Gasteiger charge is -2.16. The van der Waals surface area contributed by atoms with Crippen LogP contribution in [0.2, 0.25) is 0 Å². The number of hydrogen-bond acceptors (Lipinski definition) is 7.